The molecule has 3 heteroatoms. The number of rotatable bonds is 2. The second-order valence-corrected chi connectivity index (χ2v) is 3.02. The maximum absolute atomic E-state index is 8.60. The van der Waals surface area contributed by atoms with Gasteiger partial charge in [-0.25, -0.2) is 5.26 Å². The van der Waals surface area contributed by atoms with Crippen LogP contribution in [0.5, 0.6) is 0 Å². The smallest absolute Gasteiger partial charge is 0.268 e. The number of aliphatic hydroxyl groups is 1. The van der Waals surface area contributed by atoms with Gasteiger partial charge in [0.15, 0.2) is 0 Å². The van der Waals surface area contributed by atoms with E-state index < -0.39 is 0 Å². The molecule has 1 aliphatic heterocycles. The van der Waals surface area contributed by atoms with E-state index in [0.717, 1.165) is 25.5 Å². The Hall–Kier alpha value is -0.485. The highest BCUT2D eigenvalue weighted by atomic mass is 16.3. The molecule has 1 unspecified atom stereocenters. The Labute approximate surface area is 61.9 Å². The van der Waals surface area contributed by atoms with Crippen LogP contribution in [0.15, 0.2) is 0 Å². The zero-order chi connectivity index (χ0) is 7.40. The van der Waals surface area contributed by atoms with Gasteiger partial charge in [0, 0.05) is 12.6 Å². The van der Waals surface area contributed by atoms with Crippen LogP contribution in [-0.2, 0) is 0 Å². The van der Waals surface area contributed by atoms with Crippen molar-refractivity contribution in [2.45, 2.75) is 25.5 Å². The summed E-state index contributed by atoms with van der Waals surface area (Å²) in [6.45, 7) is 0.555. The molecule has 1 saturated heterocycles. The Morgan fingerprint density at radius 1 is 1.70 bits per heavy atom. The first-order valence-corrected chi connectivity index (χ1v) is 3.87. The van der Waals surface area contributed by atoms with Gasteiger partial charge in [0.2, 0.25) is 0 Å². The van der Waals surface area contributed by atoms with Crippen LogP contribution in [0.1, 0.15) is 12.8 Å². The summed E-state index contributed by atoms with van der Waals surface area (Å²) in [5.74, 6) is 2.89. The van der Waals surface area contributed by atoms with Crippen molar-refractivity contribution in [1.29, 1.82) is 5.26 Å². The molecule has 54 valence electrons. The van der Waals surface area contributed by atoms with E-state index in [1.54, 1.807) is 0 Å². The lowest BCUT2D eigenvalue weighted by Crippen LogP contribution is -2.04. The molecule has 1 fully saturated rings. The SMILES string of the molecule is N#CB1CCC(CCO)C1. The second kappa shape index (κ2) is 3.63. The minimum absolute atomic E-state index is 0.275. The Balaban J connectivity index is 2.23. The normalized spacial score (nSPS) is 24.8. The summed E-state index contributed by atoms with van der Waals surface area (Å²) >= 11 is 0. The van der Waals surface area contributed by atoms with Crippen molar-refractivity contribution in [1.82, 2.24) is 0 Å². The molecule has 10 heavy (non-hydrogen) atoms. The number of nitriles is 1. The van der Waals surface area contributed by atoms with Crippen LogP contribution >= 0.6 is 0 Å². The Kier molecular flexibility index (Phi) is 2.76. The molecule has 0 saturated carbocycles. The van der Waals surface area contributed by atoms with Crippen molar-refractivity contribution in [2.24, 2.45) is 5.92 Å². The van der Waals surface area contributed by atoms with E-state index in [0.29, 0.717) is 5.92 Å². The fourth-order valence-electron chi connectivity index (χ4n) is 1.64. The largest absolute Gasteiger partial charge is 0.396 e. The topological polar surface area (TPSA) is 44.0 Å². The molecule has 1 heterocycles. The molecule has 0 radical (unpaired) electrons. The molecule has 1 aliphatic rings. The second-order valence-electron chi connectivity index (χ2n) is 3.02. The molecule has 0 aromatic heterocycles. The van der Waals surface area contributed by atoms with Gasteiger partial charge in [-0.3, -0.25) is 0 Å². The van der Waals surface area contributed by atoms with Gasteiger partial charge in [-0.15, -0.1) is 0 Å². The zero-order valence-corrected chi connectivity index (χ0v) is 6.08. The molecule has 0 spiro atoms. The van der Waals surface area contributed by atoms with E-state index in [1.165, 1.54) is 0 Å². The number of hydrogen-bond donors (Lipinski definition) is 1. The Bertz CT molecular complexity index is 143. The lowest BCUT2D eigenvalue weighted by Gasteiger charge is -2.03. The highest BCUT2D eigenvalue weighted by Crippen LogP contribution is 2.28. The fraction of sp³-hybridized carbons (Fsp3) is 0.857. The maximum atomic E-state index is 8.60. The Morgan fingerprint density at radius 3 is 3.00 bits per heavy atom. The molecular weight excluding hydrogens is 125 g/mol. The number of aliphatic hydroxyl groups excluding tert-OH is 1. The average molecular weight is 137 g/mol. The van der Waals surface area contributed by atoms with Crippen LogP contribution in [0, 0.1) is 17.1 Å². The van der Waals surface area contributed by atoms with Gasteiger partial charge in [0.05, 0.1) is 0 Å². The summed E-state index contributed by atoms with van der Waals surface area (Å²) in [6.07, 6.45) is 4.08. The van der Waals surface area contributed by atoms with Crippen LogP contribution in [0.2, 0.25) is 12.6 Å². The van der Waals surface area contributed by atoms with Crippen molar-refractivity contribution in [2.75, 3.05) is 6.61 Å². The molecule has 0 aromatic rings. The standard InChI is InChI=1S/C7H12BNO/c9-6-8-3-1-7(5-8)2-4-10/h7,10H,1-5H2. The van der Waals surface area contributed by atoms with Gasteiger partial charge < -0.3 is 5.11 Å². The van der Waals surface area contributed by atoms with E-state index in [4.69, 9.17) is 10.4 Å². The van der Waals surface area contributed by atoms with Gasteiger partial charge in [-0.2, -0.15) is 0 Å². The molecule has 0 aliphatic carbocycles. The first kappa shape index (κ1) is 7.62. The van der Waals surface area contributed by atoms with Crippen molar-refractivity contribution in [3.05, 3.63) is 0 Å². The minimum atomic E-state index is 0.275. The summed E-state index contributed by atoms with van der Waals surface area (Å²) in [7, 11) is 0. The summed E-state index contributed by atoms with van der Waals surface area (Å²) < 4.78 is 0. The fourth-order valence-corrected chi connectivity index (χ4v) is 1.64. The first-order valence-electron chi connectivity index (χ1n) is 3.87. The lowest BCUT2D eigenvalue weighted by molar-refractivity contribution is 0.263. The average Bonchev–Trinajstić information content (AvgIpc) is 2.37. The Morgan fingerprint density at radius 2 is 2.50 bits per heavy atom. The highest BCUT2D eigenvalue weighted by Gasteiger charge is 2.27. The molecule has 0 amide bonds. The van der Waals surface area contributed by atoms with Crippen LogP contribution in [0.25, 0.3) is 0 Å². The zero-order valence-electron chi connectivity index (χ0n) is 6.08. The van der Waals surface area contributed by atoms with E-state index in [-0.39, 0.29) is 13.3 Å². The van der Waals surface area contributed by atoms with Crippen LogP contribution in [-0.4, -0.2) is 18.4 Å². The monoisotopic (exact) mass is 137 g/mol. The molecule has 1 rings (SSSR count). The molecule has 1 N–H and O–H groups in total. The number of hydrogen-bond acceptors (Lipinski definition) is 2. The summed E-state index contributed by atoms with van der Waals surface area (Å²) in [4.78, 5) is 0. The predicted octanol–water partition coefficient (Wildman–Crippen LogP) is 0.946. The van der Waals surface area contributed by atoms with E-state index in [9.17, 15) is 0 Å². The number of nitrogens with zero attached hydrogens (tertiary/aromatic N) is 1. The minimum Gasteiger partial charge on any atom is -0.396 e. The summed E-state index contributed by atoms with van der Waals surface area (Å²) in [6, 6.07) is 0. The van der Waals surface area contributed by atoms with E-state index >= 15 is 0 Å². The summed E-state index contributed by atoms with van der Waals surface area (Å²) in [5.41, 5.74) is 0. The van der Waals surface area contributed by atoms with Crippen molar-refractivity contribution in [3.63, 3.8) is 0 Å². The van der Waals surface area contributed by atoms with Crippen LogP contribution < -0.4 is 0 Å². The molecule has 0 aromatic carbocycles. The van der Waals surface area contributed by atoms with Crippen molar-refractivity contribution in [3.8, 4) is 5.97 Å². The molecule has 2 nitrogen and oxygen atoms in total. The lowest BCUT2D eigenvalue weighted by atomic mass is 9.50. The quantitative estimate of drug-likeness (QED) is 0.575. The molecular formula is C7H12BNO. The third kappa shape index (κ3) is 1.75. The highest BCUT2D eigenvalue weighted by molar-refractivity contribution is 6.67. The molecule has 1 atom stereocenters. The van der Waals surface area contributed by atoms with Gasteiger partial charge in [-0.05, 0) is 12.3 Å². The summed E-state index contributed by atoms with van der Waals surface area (Å²) in [5, 5.41) is 17.1. The van der Waals surface area contributed by atoms with Crippen molar-refractivity contribution >= 4 is 6.71 Å². The third-order valence-corrected chi connectivity index (χ3v) is 2.26. The van der Waals surface area contributed by atoms with Crippen LogP contribution in [0.4, 0.5) is 0 Å². The van der Waals surface area contributed by atoms with Gasteiger partial charge in [0.25, 0.3) is 6.71 Å². The van der Waals surface area contributed by atoms with Gasteiger partial charge >= 0.3 is 0 Å². The third-order valence-electron chi connectivity index (χ3n) is 2.26. The maximum Gasteiger partial charge on any atom is 0.268 e. The van der Waals surface area contributed by atoms with Crippen molar-refractivity contribution < 1.29 is 5.11 Å². The first-order chi connectivity index (χ1) is 4.86. The van der Waals surface area contributed by atoms with Gasteiger partial charge in [-0.1, -0.05) is 19.1 Å². The van der Waals surface area contributed by atoms with Crippen LogP contribution in [0.3, 0.4) is 0 Å². The van der Waals surface area contributed by atoms with Gasteiger partial charge in [0.1, 0.15) is 0 Å². The molecule has 0 bridgehead atoms. The van der Waals surface area contributed by atoms with E-state index in [2.05, 4.69) is 5.97 Å². The van der Waals surface area contributed by atoms with E-state index in [1.807, 2.05) is 0 Å². The predicted molar refractivity (Wildman–Crippen MR) is 40.8 cm³/mol.